The molecule has 3 fully saturated rings. The van der Waals surface area contributed by atoms with Crippen molar-refractivity contribution in [2.45, 2.75) is 82.5 Å². The molecule has 8 nitrogen and oxygen atoms in total. The molecule has 1 unspecified atom stereocenters. The number of imide groups is 1. The predicted octanol–water partition coefficient (Wildman–Crippen LogP) is 2.67. The van der Waals surface area contributed by atoms with E-state index in [4.69, 9.17) is 10.00 Å². The third kappa shape index (κ3) is 4.67. The van der Waals surface area contributed by atoms with Crippen molar-refractivity contribution < 1.29 is 19.1 Å². The number of carbonyl (C=O) groups is 3. The predicted molar refractivity (Wildman–Crippen MR) is 124 cm³/mol. The standard InChI is InChI=1S/C26H32N4O4/c27-13-16-4-6-17(7-5-16)14-28-21-2-1-3-23(21)34-19-8-9-20-18(12-19)15-30(26(20)33)22-10-11-24(31)29-25(22)32/h8-9,12,16-17,21-23,28H,1-7,10-11,14-15H2,(H,29,31,32)/t16?,17?,21-,22?,23-/m1/s1. The Morgan fingerprint density at radius 2 is 1.91 bits per heavy atom. The van der Waals surface area contributed by atoms with Crippen molar-refractivity contribution in [3.8, 4) is 11.8 Å². The van der Waals surface area contributed by atoms with E-state index in [9.17, 15) is 14.4 Å². The van der Waals surface area contributed by atoms with E-state index in [1.165, 1.54) is 0 Å². The Morgan fingerprint density at radius 1 is 1.09 bits per heavy atom. The minimum absolute atomic E-state index is 0.0943. The van der Waals surface area contributed by atoms with Crippen LogP contribution in [0.15, 0.2) is 18.2 Å². The Morgan fingerprint density at radius 3 is 2.68 bits per heavy atom. The number of nitriles is 1. The minimum Gasteiger partial charge on any atom is -0.489 e. The lowest BCUT2D eigenvalue weighted by atomic mass is 9.82. The van der Waals surface area contributed by atoms with Gasteiger partial charge >= 0.3 is 0 Å². The number of nitrogens with one attached hydrogen (secondary N) is 2. The number of ether oxygens (including phenoxy) is 1. The van der Waals surface area contributed by atoms with Gasteiger partial charge in [0.1, 0.15) is 17.9 Å². The Bertz CT molecular complexity index is 1010. The van der Waals surface area contributed by atoms with Gasteiger partial charge in [-0.25, -0.2) is 0 Å². The van der Waals surface area contributed by atoms with Crippen molar-refractivity contribution in [2.24, 2.45) is 11.8 Å². The molecule has 180 valence electrons. The van der Waals surface area contributed by atoms with Crippen LogP contribution in [0.4, 0.5) is 0 Å². The lowest BCUT2D eigenvalue weighted by Crippen LogP contribution is -2.52. The van der Waals surface area contributed by atoms with Gasteiger partial charge in [-0.15, -0.1) is 0 Å². The smallest absolute Gasteiger partial charge is 0.255 e. The van der Waals surface area contributed by atoms with Gasteiger partial charge in [0.05, 0.1) is 6.07 Å². The molecular formula is C26H32N4O4. The zero-order valence-corrected chi connectivity index (χ0v) is 19.4. The molecule has 3 amide bonds. The minimum atomic E-state index is -0.603. The highest BCUT2D eigenvalue weighted by molar-refractivity contribution is 6.05. The summed E-state index contributed by atoms with van der Waals surface area (Å²) in [6.07, 6.45) is 8.17. The molecule has 2 saturated carbocycles. The van der Waals surface area contributed by atoms with Gasteiger partial charge in [0.15, 0.2) is 0 Å². The SMILES string of the molecule is N#CC1CCC(CN[C@@H]2CCC[C@H]2Oc2ccc3c(c2)CN(C2CCC(=O)NC2=O)C3=O)CC1. The van der Waals surface area contributed by atoms with E-state index in [1.807, 2.05) is 12.1 Å². The second-order valence-corrected chi connectivity index (χ2v) is 10.2. The van der Waals surface area contributed by atoms with Crippen LogP contribution in [0.3, 0.4) is 0 Å². The number of hydrogen-bond donors (Lipinski definition) is 2. The number of nitrogens with zero attached hydrogens (tertiary/aromatic N) is 2. The first-order valence-electron chi connectivity index (χ1n) is 12.6. The summed E-state index contributed by atoms with van der Waals surface area (Å²) in [7, 11) is 0. The number of fused-ring (bicyclic) bond motifs is 1. The van der Waals surface area contributed by atoms with Crippen LogP contribution in [0.2, 0.25) is 0 Å². The van der Waals surface area contributed by atoms with Gasteiger partial charge in [-0.05, 0) is 87.6 Å². The van der Waals surface area contributed by atoms with Gasteiger partial charge in [-0.2, -0.15) is 5.26 Å². The fraction of sp³-hybridized carbons (Fsp3) is 0.615. The highest BCUT2D eigenvalue weighted by Crippen LogP contribution is 2.33. The van der Waals surface area contributed by atoms with Crippen LogP contribution in [0.5, 0.6) is 5.75 Å². The molecule has 0 radical (unpaired) electrons. The molecule has 5 rings (SSSR count). The molecule has 0 bridgehead atoms. The van der Waals surface area contributed by atoms with Crippen LogP contribution in [0.25, 0.3) is 0 Å². The third-order valence-corrected chi connectivity index (χ3v) is 7.93. The first-order valence-corrected chi connectivity index (χ1v) is 12.6. The Balaban J connectivity index is 1.18. The monoisotopic (exact) mass is 464 g/mol. The normalized spacial score (nSPS) is 31.2. The largest absolute Gasteiger partial charge is 0.489 e. The van der Waals surface area contributed by atoms with Crippen molar-refractivity contribution in [2.75, 3.05) is 6.54 Å². The van der Waals surface area contributed by atoms with Crippen molar-refractivity contribution in [1.82, 2.24) is 15.5 Å². The quantitative estimate of drug-likeness (QED) is 0.626. The first-order chi connectivity index (χ1) is 16.5. The van der Waals surface area contributed by atoms with Gasteiger partial charge in [0.25, 0.3) is 5.91 Å². The molecule has 2 N–H and O–H groups in total. The van der Waals surface area contributed by atoms with E-state index in [0.717, 1.165) is 62.8 Å². The fourth-order valence-electron chi connectivity index (χ4n) is 5.91. The number of benzene rings is 1. The van der Waals surface area contributed by atoms with Gasteiger partial charge in [0, 0.05) is 30.5 Å². The summed E-state index contributed by atoms with van der Waals surface area (Å²) >= 11 is 0. The molecule has 2 aliphatic carbocycles. The van der Waals surface area contributed by atoms with Crippen molar-refractivity contribution >= 4 is 17.7 Å². The van der Waals surface area contributed by atoms with Gasteiger partial charge < -0.3 is 15.0 Å². The lowest BCUT2D eigenvalue weighted by molar-refractivity contribution is -0.136. The molecule has 0 spiro atoms. The summed E-state index contributed by atoms with van der Waals surface area (Å²) in [5.74, 6) is 0.782. The summed E-state index contributed by atoms with van der Waals surface area (Å²) in [5, 5.41) is 15.2. The second-order valence-electron chi connectivity index (χ2n) is 10.2. The van der Waals surface area contributed by atoms with Crippen LogP contribution in [0, 0.1) is 23.2 Å². The average Bonchev–Trinajstić information content (AvgIpc) is 3.41. The molecule has 0 aromatic heterocycles. The Labute approximate surface area is 200 Å². The molecular weight excluding hydrogens is 432 g/mol. The van der Waals surface area contributed by atoms with Gasteiger partial charge in [-0.1, -0.05) is 0 Å². The summed E-state index contributed by atoms with van der Waals surface area (Å²) in [6, 6.07) is 7.68. The molecule has 4 aliphatic rings. The molecule has 1 saturated heterocycles. The zero-order chi connectivity index (χ0) is 23.7. The van der Waals surface area contributed by atoms with E-state index >= 15 is 0 Å². The van der Waals surface area contributed by atoms with Crippen LogP contribution in [-0.2, 0) is 16.1 Å². The highest BCUT2D eigenvalue weighted by atomic mass is 16.5. The summed E-state index contributed by atoms with van der Waals surface area (Å²) < 4.78 is 6.38. The maximum absolute atomic E-state index is 12.9. The molecule has 8 heteroatoms. The highest BCUT2D eigenvalue weighted by Gasteiger charge is 2.39. The third-order valence-electron chi connectivity index (χ3n) is 7.93. The summed E-state index contributed by atoms with van der Waals surface area (Å²) in [6.45, 7) is 1.33. The van der Waals surface area contributed by atoms with Crippen LogP contribution >= 0.6 is 0 Å². The fourth-order valence-corrected chi connectivity index (χ4v) is 5.91. The number of hydrogen-bond acceptors (Lipinski definition) is 6. The number of rotatable bonds is 6. The number of carbonyl (C=O) groups excluding carboxylic acids is 3. The van der Waals surface area contributed by atoms with Crippen molar-refractivity contribution in [1.29, 1.82) is 5.26 Å². The van der Waals surface area contributed by atoms with Crippen LogP contribution < -0.4 is 15.4 Å². The molecule has 1 aromatic rings. The molecule has 34 heavy (non-hydrogen) atoms. The maximum atomic E-state index is 12.9. The Hall–Kier alpha value is -2.92. The van der Waals surface area contributed by atoms with E-state index < -0.39 is 11.9 Å². The second kappa shape index (κ2) is 9.75. The van der Waals surface area contributed by atoms with Gasteiger partial charge in [0.2, 0.25) is 11.8 Å². The van der Waals surface area contributed by atoms with Crippen molar-refractivity contribution in [3.63, 3.8) is 0 Å². The Kier molecular flexibility index (Phi) is 6.55. The number of amides is 3. The topological polar surface area (TPSA) is 112 Å². The van der Waals surface area contributed by atoms with Crippen molar-refractivity contribution in [3.05, 3.63) is 29.3 Å². The average molecular weight is 465 g/mol. The van der Waals surface area contributed by atoms with E-state index in [2.05, 4.69) is 16.7 Å². The summed E-state index contributed by atoms with van der Waals surface area (Å²) in [4.78, 5) is 38.2. The van der Waals surface area contributed by atoms with Crippen LogP contribution in [-0.4, -0.2) is 47.4 Å². The zero-order valence-electron chi connectivity index (χ0n) is 19.4. The molecule has 2 aliphatic heterocycles. The number of piperidine rings is 1. The molecule has 3 atom stereocenters. The lowest BCUT2D eigenvalue weighted by Gasteiger charge is -2.29. The molecule has 1 aromatic carbocycles. The van der Waals surface area contributed by atoms with E-state index in [0.29, 0.717) is 30.5 Å². The molecule has 2 heterocycles. The van der Waals surface area contributed by atoms with Gasteiger partial charge in [-0.3, -0.25) is 19.7 Å². The van der Waals surface area contributed by atoms with E-state index in [-0.39, 0.29) is 30.3 Å². The van der Waals surface area contributed by atoms with Crippen LogP contribution in [0.1, 0.15) is 73.7 Å². The first kappa shape index (κ1) is 22.9. The maximum Gasteiger partial charge on any atom is 0.255 e. The van der Waals surface area contributed by atoms with E-state index in [1.54, 1.807) is 11.0 Å². The summed E-state index contributed by atoms with van der Waals surface area (Å²) in [5.41, 5.74) is 1.47.